The lowest BCUT2D eigenvalue weighted by molar-refractivity contribution is 0.0814. The summed E-state index contributed by atoms with van der Waals surface area (Å²) in [4.78, 5) is 4.29. The molecule has 22 heavy (non-hydrogen) atoms. The van der Waals surface area contributed by atoms with E-state index in [1.807, 2.05) is 32.3 Å². The molecule has 0 bridgehead atoms. The molecule has 0 fully saturated rings. The van der Waals surface area contributed by atoms with Gasteiger partial charge in [-0.15, -0.1) is 0 Å². The van der Waals surface area contributed by atoms with E-state index >= 15 is 0 Å². The van der Waals surface area contributed by atoms with Gasteiger partial charge in [-0.2, -0.15) is 0 Å². The fraction of sp³-hybridized carbons (Fsp3) is 0.278. The van der Waals surface area contributed by atoms with E-state index in [4.69, 9.17) is 0 Å². The molecule has 3 aromatic rings. The predicted molar refractivity (Wildman–Crippen MR) is 94.8 cm³/mol. The molecule has 0 aliphatic heterocycles. The lowest BCUT2D eigenvalue weighted by Gasteiger charge is -2.18. The number of aliphatic hydroxyl groups is 1. The highest BCUT2D eigenvalue weighted by molar-refractivity contribution is 7.35. The van der Waals surface area contributed by atoms with E-state index in [0.717, 1.165) is 5.52 Å². The molecular weight excluding hydrogens is 291 g/mol. The summed E-state index contributed by atoms with van der Waals surface area (Å²) in [5.74, 6) is 0. The van der Waals surface area contributed by atoms with Crippen molar-refractivity contribution >= 4 is 19.6 Å². The molecule has 1 aromatic carbocycles. The highest BCUT2D eigenvalue weighted by Gasteiger charge is 2.23. The van der Waals surface area contributed by atoms with Crippen molar-refractivity contribution in [2.75, 3.05) is 6.66 Å². The number of benzene rings is 1. The molecule has 114 valence electrons. The van der Waals surface area contributed by atoms with Crippen molar-refractivity contribution in [3.8, 4) is 11.3 Å². The average molecular weight is 312 g/mol. The standard InChI is InChI=1S/C18H21N2OP/c1-18(2,21)11-15-14-9-10-19-12-16(14)20(22-3)17(15)13-7-5-4-6-8-13/h4-10,12,21-22H,11H2,1-3H3. The maximum atomic E-state index is 10.4. The molecule has 1 unspecified atom stereocenters. The van der Waals surface area contributed by atoms with Gasteiger partial charge >= 0.3 is 0 Å². The van der Waals surface area contributed by atoms with Crippen LogP contribution in [0.2, 0.25) is 0 Å². The van der Waals surface area contributed by atoms with E-state index in [9.17, 15) is 5.11 Å². The third kappa shape index (κ3) is 2.79. The molecule has 0 amide bonds. The van der Waals surface area contributed by atoms with Crippen LogP contribution < -0.4 is 0 Å². The highest BCUT2D eigenvalue weighted by Crippen LogP contribution is 2.39. The monoisotopic (exact) mass is 312 g/mol. The molecule has 3 rings (SSSR count). The van der Waals surface area contributed by atoms with Gasteiger partial charge in [-0.05, 0) is 46.4 Å². The number of hydrogen-bond donors (Lipinski definition) is 1. The normalized spacial score (nSPS) is 12.5. The first kappa shape index (κ1) is 15.2. The zero-order valence-corrected chi connectivity index (χ0v) is 14.2. The van der Waals surface area contributed by atoms with Crippen LogP contribution in [0.25, 0.3) is 22.2 Å². The molecular formula is C18H21N2OP. The molecule has 0 aliphatic rings. The van der Waals surface area contributed by atoms with E-state index in [-0.39, 0.29) is 0 Å². The minimum atomic E-state index is -0.747. The molecule has 0 saturated heterocycles. The van der Waals surface area contributed by atoms with Gasteiger partial charge in [0, 0.05) is 18.0 Å². The number of pyridine rings is 1. The van der Waals surface area contributed by atoms with Gasteiger partial charge in [-0.1, -0.05) is 30.3 Å². The second-order valence-corrected chi connectivity index (χ2v) is 7.03. The van der Waals surface area contributed by atoms with Crippen LogP contribution >= 0.6 is 8.73 Å². The van der Waals surface area contributed by atoms with Crippen molar-refractivity contribution in [2.24, 2.45) is 0 Å². The summed E-state index contributed by atoms with van der Waals surface area (Å²) in [5.41, 5.74) is 3.98. The van der Waals surface area contributed by atoms with Gasteiger partial charge in [-0.3, -0.25) is 4.98 Å². The maximum Gasteiger partial charge on any atom is 0.0706 e. The molecule has 3 nitrogen and oxygen atoms in total. The SMILES string of the molecule is CPn1c(-c2ccccc2)c(CC(C)(C)O)c2ccncc21. The van der Waals surface area contributed by atoms with Crippen molar-refractivity contribution in [1.29, 1.82) is 0 Å². The minimum absolute atomic E-state index is 0.611. The summed E-state index contributed by atoms with van der Waals surface area (Å²) in [7, 11) is 0.611. The van der Waals surface area contributed by atoms with Gasteiger partial charge in [0.1, 0.15) is 0 Å². The second kappa shape index (κ2) is 5.83. The summed E-state index contributed by atoms with van der Waals surface area (Å²) in [6.45, 7) is 5.90. The van der Waals surface area contributed by atoms with Gasteiger partial charge in [0.25, 0.3) is 0 Å². The fourth-order valence-electron chi connectivity index (χ4n) is 2.95. The van der Waals surface area contributed by atoms with Gasteiger partial charge in [0.2, 0.25) is 0 Å². The van der Waals surface area contributed by atoms with E-state index in [2.05, 4.69) is 46.3 Å². The minimum Gasteiger partial charge on any atom is -0.390 e. The van der Waals surface area contributed by atoms with Crippen LogP contribution in [0, 0.1) is 0 Å². The van der Waals surface area contributed by atoms with Gasteiger partial charge in [-0.25, -0.2) is 0 Å². The Bertz CT molecular complexity index is 788. The first-order valence-electron chi connectivity index (χ1n) is 7.44. The zero-order chi connectivity index (χ0) is 15.7. The predicted octanol–water partition coefficient (Wildman–Crippen LogP) is 4.09. The van der Waals surface area contributed by atoms with Crippen molar-refractivity contribution in [1.82, 2.24) is 9.32 Å². The Morgan fingerprint density at radius 2 is 1.91 bits per heavy atom. The Labute approximate surface area is 132 Å². The molecule has 0 radical (unpaired) electrons. The highest BCUT2D eigenvalue weighted by atomic mass is 31.1. The number of aromatic nitrogens is 2. The molecule has 1 atom stereocenters. The maximum absolute atomic E-state index is 10.4. The molecule has 1 N–H and O–H groups in total. The van der Waals surface area contributed by atoms with Gasteiger partial charge in [0.05, 0.1) is 23.0 Å². The third-order valence-corrected chi connectivity index (χ3v) is 4.67. The molecule has 0 spiro atoms. The lowest BCUT2D eigenvalue weighted by atomic mass is 9.94. The average Bonchev–Trinajstić information content (AvgIpc) is 2.80. The summed E-state index contributed by atoms with van der Waals surface area (Å²) >= 11 is 0. The van der Waals surface area contributed by atoms with Gasteiger partial charge in [0.15, 0.2) is 0 Å². The Morgan fingerprint density at radius 1 is 1.18 bits per heavy atom. The number of rotatable bonds is 4. The molecule has 2 heterocycles. The Morgan fingerprint density at radius 3 is 2.55 bits per heavy atom. The number of nitrogens with zero attached hydrogens (tertiary/aromatic N) is 2. The van der Waals surface area contributed by atoms with Crippen molar-refractivity contribution in [3.05, 3.63) is 54.4 Å². The number of fused-ring (bicyclic) bond motifs is 1. The summed E-state index contributed by atoms with van der Waals surface area (Å²) < 4.78 is 2.32. The first-order chi connectivity index (χ1) is 10.5. The van der Waals surface area contributed by atoms with Crippen LogP contribution in [0.3, 0.4) is 0 Å². The van der Waals surface area contributed by atoms with Crippen LogP contribution in [0.4, 0.5) is 0 Å². The molecule has 2 aromatic heterocycles. The van der Waals surface area contributed by atoms with E-state index < -0.39 is 5.60 Å². The Hall–Kier alpha value is -1.70. The van der Waals surface area contributed by atoms with Crippen LogP contribution in [-0.4, -0.2) is 26.7 Å². The quantitative estimate of drug-likeness (QED) is 0.737. The van der Waals surface area contributed by atoms with Crippen LogP contribution in [0.15, 0.2) is 48.8 Å². The van der Waals surface area contributed by atoms with E-state index in [0.29, 0.717) is 15.2 Å². The van der Waals surface area contributed by atoms with Crippen molar-refractivity contribution < 1.29 is 5.11 Å². The molecule has 0 aliphatic carbocycles. The fourth-order valence-corrected chi connectivity index (χ4v) is 3.85. The molecule has 0 saturated carbocycles. The summed E-state index contributed by atoms with van der Waals surface area (Å²) in [6, 6.07) is 12.5. The van der Waals surface area contributed by atoms with Crippen molar-refractivity contribution in [2.45, 2.75) is 25.9 Å². The topological polar surface area (TPSA) is 38.0 Å². The van der Waals surface area contributed by atoms with Crippen LogP contribution in [0.5, 0.6) is 0 Å². The van der Waals surface area contributed by atoms with Crippen molar-refractivity contribution in [3.63, 3.8) is 0 Å². The molecule has 4 heteroatoms. The van der Waals surface area contributed by atoms with E-state index in [1.165, 1.54) is 22.2 Å². The smallest absolute Gasteiger partial charge is 0.0706 e. The van der Waals surface area contributed by atoms with E-state index in [1.54, 1.807) is 0 Å². The number of hydrogen-bond acceptors (Lipinski definition) is 2. The summed E-state index contributed by atoms with van der Waals surface area (Å²) in [5, 5.41) is 11.5. The second-order valence-electron chi connectivity index (χ2n) is 6.13. The third-order valence-electron chi connectivity index (χ3n) is 3.76. The van der Waals surface area contributed by atoms with Crippen LogP contribution in [0.1, 0.15) is 19.4 Å². The Kier molecular flexibility index (Phi) is 4.03. The lowest BCUT2D eigenvalue weighted by Crippen LogP contribution is -2.22. The van der Waals surface area contributed by atoms with Gasteiger partial charge < -0.3 is 9.44 Å². The zero-order valence-electron chi connectivity index (χ0n) is 13.2. The Balaban J connectivity index is 2.34. The first-order valence-corrected chi connectivity index (χ1v) is 8.89. The summed E-state index contributed by atoms with van der Waals surface area (Å²) in [6.07, 6.45) is 4.37. The largest absolute Gasteiger partial charge is 0.390 e. The van der Waals surface area contributed by atoms with Crippen LogP contribution in [-0.2, 0) is 6.42 Å².